The highest BCUT2D eigenvalue weighted by atomic mass is 16.7. The third-order valence-electron chi connectivity index (χ3n) is 5.88. The lowest BCUT2D eigenvalue weighted by atomic mass is 9.97. The SMILES string of the molecule is COc1ccc(CCOC2OC(CO)C(O)C(OC3OC(CO)C(O)C(O)C3O)C2O)cc1O. The van der Waals surface area contributed by atoms with Crippen LogP contribution in [0.1, 0.15) is 5.56 Å². The van der Waals surface area contributed by atoms with Gasteiger partial charge in [-0.15, -0.1) is 0 Å². The van der Waals surface area contributed by atoms with Crippen molar-refractivity contribution in [2.24, 2.45) is 0 Å². The fraction of sp³-hybridized carbons (Fsp3) is 0.714. The van der Waals surface area contributed by atoms with Crippen LogP contribution in [0, 0.1) is 0 Å². The summed E-state index contributed by atoms with van der Waals surface area (Å²) in [5, 5.41) is 80.0. The highest BCUT2D eigenvalue weighted by Gasteiger charge is 2.50. The summed E-state index contributed by atoms with van der Waals surface area (Å²) in [7, 11) is 1.42. The molecule has 34 heavy (non-hydrogen) atoms. The predicted octanol–water partition coefficient (Wildman–Crippen LogP) is -3.42. The van der Waals surface area contributed by atoms with E-state index in [-0.39, 0.29) is 12.4 Å². The zero-order chi connectivity index (χ0) is 25.0. The first-order valence-corrected chi connectivity index (χ1v) is 10.8. The number of rotatable bonds is 9. The largest absolute Gasteiger partial charge is 0.504 e. The van der Waals surface area contributed by atoms with Crippen LogP contribution in [0.25, 0.3) is 0 Å². The highest BCUT2D eigenvalue weighted by molar-refractivity contribution is 5.41. The lowest BCUT2D eigenvalue weighted by Crippen LogP contribution is -2.64. The molecule has 0 saturated carbocycles. The molecule has 10 unspecified atom stereocenters. The Hall–Kier alpha value is -1.62. The van der Waals surface area contributed by atoms with E-state index in [0.717, 1.165) is 0 Å². The lowest BCUT2D eigenvalue weighted by molar-refractivity contribution is -0.360. The zero-order valence-electron chi connectivity index (χ0n) is 18.5. The maximum Gasteiger partial charge on any atom is 0.187 e. The first kappa shape index (κ1) is 27.0. The molecule has 2 saturated heterocycles. The van der Waals surface area contributed by atoms with Gasteiger partial charge in [0, 0.05) is 0 Å². The molecule has 0 amide bonds. The van der Waals surface area contributed by atoms with Crippen LogP contribution in [0.15, 0.2) is 18.2 Å². The molecular formula is C21H32O13. The number of phenolic OH excluding ortho intramolecular Hbond substituents is 1. The minimum absolute atomic E-state index is 0.0223. The van der Waals surface area contributed by atoms with Gasteiger partial charge in [0.15, 0.2) is 24.1 Å². The number of benzene rings is 1. The predicted molar refractivity (Wildman–Crippen MR) is 111 cm³/mol. The molecule has 10 atom stereocenters. The van der Waals surface area contributed by atoms with Crippen LogP contribution in [-0.4, -0.2) is 129 Å². The molecule has 2 heterocycles. The summed E-state index contributed by atoms with van der Waals surface area (Å²) in [6.45, 7) is -1.31. The van der Waals surface area contributed by atoms with Gasteiger partial charge in [0.05, 0.1) is 26.9 Å². The molecule has 2 fully saturated rings. The van der Waals surface area contributed by atoms with Gasteiger partial charge in [-0.2, -0.15) is 0 Å². The summed E-state index contributed by atoms with van der Waals surface area (Å²) < 4.78 is 26.8. The van der Waals surface area contributed by atoms with Gasteiger partial charge in [-0.05, 0) is 24.1 Å². The Morgan fingerprint density at radius 1 is 0.824 bits per heavy atom. The molecule has 0 bridgehead atoms. The van der Waals surface area contributed by atoms with E-state index in [1.807, 2.05) is 0 Å². The number of ether oxygens (including phenoxy) is 5. The standard InChI is InChI=1S/C21H32O13/c1-30-11-3-2-9(6-10(11)24)4-5-31-20-18(29)19(15(26)13(8-23)32-20)34-21-17(28)16(27)14(25)12(7-22)33-21/h2-3,6,12-29H,4-5,7-8H2,1H3. The van der Waals surface area contributed by atoms with E-state index >= 15 is 0 Å². The number of methoxy groups -OCH3 is 1. The van der Waals surface area contributed by atoms with E-state index < -0.39 is 74.6 Å². The molecule has 194 valence electrons. The molecule has 0 aliphatic carbocycles. The fourth-order valence-electron chi connectivity index (χ4n) is 3.87. The third kappa shape index (κ3) is 5.78. The Kier molecular flexibility index (Phi) is 9.42. The van der Waals surface area contributed by atoms with Crippen LogP contribution < -0.4 is 4.74 Å². The summed E-state index contributed by atoms with van der Waals surface area (Å²) in [5.41, 5.74) is 0.705. The van der Waals surface area contributed by atoms with Gasteiger partial charge in [0.1, 0.15) is 48.8 Å². The molecule has 2 aliphatic heterocycles. The van der Waals surface area contributed by atoms with Crippen molar-refractivity contribution in [2.45, 2.75) is 67.8 Å². The Morgan fingerprint density at radius 3 is 2.09 bits per heavy atom. The Labute approximate surface area is 195 Å². The van der Waals surface area contributed by atoms with Crippen molar-refractivity contribution < 1.29 is 64.5 Å². The van der Waals surface area contributed by atoms with Crippen molar-refractivity contribution in [2.75, 3.05) is 26.9 Å². The van der Waals surface area contributed by atoms with Crippen LogP contribution >= 0.6 is 0 Å². The van der Waals surface area contributed by atoms with Crippen molar-refractivity contribution in [1.29, 1.82) is 0 Å². The fourth-order valence-corrected chi connectivity index (χ4v) is 3.87. The second kappa shape index (κ2) is 11.9. The van der Waals surface area contributed by atoms with Crippen molar-refractivity contribution in [3.05, 3.63) is 23.8 Å². The van der Waals surface area contributed by atoms with Crippen LogP contribution in [-0.2, 0) is 25.4 Å². The molecule has 8 N–H and O–H groups in total. The molecule has 1 aromatic carbocycles. The number of aliphatic hydroxyl groups excluding tert-OH is 7. The quantitative estimate of drug-likeness (QED) is 0.169. The number of aliphatic hydroxyl groups is 7. The van der Waals surface area contributed by atoms with E-state index in [9.17, 15) is 40.9 Å². The Morgan fingerprint density at radius 2 is 1.47 bits per heavy atom. The van der Waals surface area contributed by atoms with Crippen molar-refractivity contribution in [3.8, 4) is 11.5 Å². The van der Waals surface area contributed by atoms with E-state index in [1.54, 1.807) is 12.1 Å². The van der Waals surface area contributed by atoms with E-state index in [1.165, 1.54) is 13.2 Å². The minimum Gasteiger partial charge on any atom is -0.504 e. The average Bonchev–Trinajstić information content (AvgIpc) is 2.83. The topological polar surface area (TPSA) is 208 Å². The van der Waals surface area contributed by atoms with Gasteiger partial charge < -0.3 is 64.5 Å². The van der Waals surface area contributed by atoms with E-state index in [0.29, 0.717) is 17.7 Å². The molecule has 0 spiro atoms. The molecule has 1 aromatic rings. The molecule has 2 aliphatic rings. The zero-order valence-corrected chi connectivity index (χ0v) is 18.5. The van der Waals surface area contributed by atoms with Crippen LogP contribution in [0.2, 0.25) is 0 Å². The highest BCUT2D eigenvalue weighted by Crippen LogP contribution is 2.30. The molecule has 0 radical (unpaired) electrons. The summed E-state index contributed by atoms with van der Waals surface area (Å²) in [6.07, 6.45) is -14.8. The molecule has 0 aromatic heterocycles. The van der Waals surface area contributed by atoms with Gasteiger partial charge in [-0.25, -0.2) is 0 Å². The van der Waals surface area contributed by atoms with Gasteiger partial charge in [-0.1, -0.05) is 6.07 Å². The summed E-state index contributed by atoms with van der Waals surface area (Å²) >= 11 is 0. The molecule has 13 heteroatoms. The maximum absolute atomic E-state index is 10.7. The van der Waals surface area contributed by atoms with E-state index in [2.05, 4.69) is 0 Å². The number of phenols is 1. The average molecular weight is 492 g/mol. The van der Waals surface area contributed by atoms with Crippen LogP contribution in [0.3, 0.4) is 0 Å². The lowest BCUT2D eigenvalue weighted by Gasteiger charge is -2.45. The summed E-state index contributed by atoms with van der Waals surface area (Å²) in [5.74, 6) is 0.258. The Balaban J connectivity index is 1.65. The second-order valence-electron chi connectivity index (χ2n) is 8.13. The van der Waals surface area contributed by atoms with Gasteiger partial charge in [0.25, 0.3) is 0 Å². The number of hydrogen-bond acceptors (Lipinski definition) is 13. The van der Waals surface area contributed by atoms with Gasteiger partial charge in [-0.3, -0.25) is 0 Å². The smallest absolute Gasteiger partial charge is 0.187 e. The summed E-state index contributed by atoms with van der Waals surface area (Å²) in [6, 6.07) is 4.79. The second-order valence-corrected chi connectivity index (χ2v) is 8.13. The van der Waals surface area contributed by atoms with Crippen molar-refractivity contribution in [3.63, 3.8) is 0 Å². The number of aromatic hydroxyl groups is 1. The van der Waals surface area contributed by atoms with Gasteiger partial charge in [0.2, 0.25) is 0 Å². The van der Waals surface area contributed by atoms with Crippen LogP contribution in [0.4, 0.5) is 0 Å². The van der Waals surface area contributed by atoms with Gasteiger partial charge >= 0.3 is 0 Å². The van der Waals surface area contributed by atoms with Crippen molar-refractivity contribution >= 4 is 0 Å². The summed E-state index contributed by atoms with van der Waals surface area (Å²) in [4.78, 5) is 0. The maximum atomic E-state index is 10.7. The molecular weight excluding hydrogens is 460 g/mol. The monoisotopic (exact) mass is 492 g/mol. The third-order valence-corrected chi connectivity index (χ3v) is 5.88. The van der Waals surface area contributed by atoms with Crippen molar-refractivity contribution in [1.82, 2.24) is 0 Å². The molecule has 3 rings (SSSR count). The first-order chi connectivity index (χ1) is 16.2. The first-order valence-electron chi connectivity index (χ1n) is 10.8. The number of hydrogen-bond donors (Lipinski definition) is 8. The van der Waals surface area contributed by atoms with Crippen LogP contribution in [0.5, 0.6) is 11.5 Å². The van der Waals surface area contributed by atoms with E-state index in [4.69, 9.17) is 23.7 Å². The Bertz CT molecular complexity index is 777. The minimum atomic E-state index is -1.75. The molecule has 13 nitrogen and oxygen atoms in total. The normalized spacial score (nSPS) is 38.6.